The average molecular weight is 329 g/mol. The van der Waals surface area contributed by atoms with Gasteiger partial charge in [0.15, 0.2) is 5.82 Å². The predicted molar refractivity (Wildman–Crippen MR) is 94.0 cm³/mol. The third kappa shape index (κ3) is 2.07. The quantitative estimate of drug-likeness (QED) is 0.503. The number of nitrogens with zero attached hydrogens (tertiary/aromatic N) is 1. The normalized spacial score (nSPS) is 11.4. The molecule has 0 saturated carbocycles. The molecule has 0 aliphatic rings. The Hall–Kier alpha value is -2.05. The molecular weight excluding hydrogens is 317 g/mol. The van der Waals surface area contributed by atoms with Gasteiger partial charge in [-0.05, 0) is 29.7 Å². The fraction of sp³-hybridized carbons (Fsp3) is 0.0625. The molecule has 6 heteroatoms. The van der Waals surface area contributed by atoms with Gasteiger partial charge in [0, 0.05) is 11.0 Å². The standard InChI is InChI=1S/C16H12FN3S2/c1-21-20-11-7-6-10-14(15(11)17)16(19-18-10)13-8-9-4-2-3-5-12(9)22-13/h2-8,20H,1H3,(H,18,19). The molecule has 2 heterocycles. The van der Waals surface area contributed by atoms with Crippen molar-refractivity contribution in [3.8, 4) is 10.6 Å². The first kappa shape index (κ1) is 13.6. The van der Waals surface area contributed by atoms with E-state index in [1.165, 1.54) is 16.6 Å². The minimum absolute atomic E-state index is 0.270. The topological polar surface area (TPSA) is 40.7 Å². The molecule has 0 fully saturated rings. The number of aromatic amines is 1. The van der Waals surface area contributed by atoms with Crippen LogP contribution >= 0.6 is 23.3 Å². The Labute approximate surface area is 134 Å². The molecule has 3 nitrogen and oxygen atoms in total. The van der Waals surface area contributed by atoms with Gasteiger partial charge >= 0.3 is 0 Å². The van der Waals surface area contributed by atoms with E-state index in [2.05, 4.69) is 33.1 Å². The number of anilines is 1. The van der Waals surface area contributed by atoms with Crippen molar-refractivity contribution in [2.24, 2.45) is 0 Å². The van der Waals surface area contributed by atoms with Crippen molar-refractivity contribution in [1.29, 1.82) is 0 Å². The number of rotatable bonds is 3. The van der Waals surface area contributed by atoms with Crippen molar-refractivity contribution in [3.63, 3.8) is 0 Å². The molecule has 0 bridgehead atoms. The van der Waals surface area contributed by atoms with E-state index in [9.17, 15) is 4.39 Å². The van der Waals surface area contributed by atoms with Crippen molar-refractivity contribution >= 4 is 50.0 Å². The third-order valence-corrected chi connectivity index (χ3v) is 5.08. The number of benzene rings is 2. The monoisotopic (exact) mass is 329 g/mol. The summed E-state index contributed by atoms with van der Waals surface area (Å²) in [5, 5.41) is 8.94. The summed E-state index contributed by atoms with van der Waals surface area (Å²) >= 11 is 2.99. The molecule has 0 atom stereocenters. The summed E-state index contributed by atoms with van der Waals surface area (Å²) in [5.74, 6) is -0.270. The van der Waals surface area contributed by atoms with E-state index in [4.69, 9.17) is 0 Å². The van der Waals surface area contributed by atoms with Gasteiger partial charge in [-0.2, -0.15) is 5.10 Å². The van der Waals surface area contributed by atoms with Gasteiger partial charge in [0.1, 0.15) is 5.69 Å². The maximum Gasteiger partial charge on any atom is 0.158 e. The molecule has 4 aromatic rings. The van der Waals surface area contributed by atoms with Crippen LogP contribution in [-0.4, -0.2) is 16.5 Å². The molecule has 2 aromatic heterocycles. The van der Waals surface area contributed by atoms with Crippen LogP contribution in [0.3, 0.4) is 0 Å². The lowest BCUT2D eigenvalue weighted by Crippen LogP contribution is -1.90. The van der Waals surface area contributed by atoms with E-state index in [1.54, 1.807) is 17.4 Å². The largest absolute Gasteiger partial charge is 0.327 e. The molecule has 0 aliphatic carbocycles. The fourth-order valence-corrected chi connectivity index (χ4v) is 3.97. The van der Waals surface area contributed by atoms with E-state index in [1.807, 2.05) is 24.5 Å². The number of hydrogen-bond donors (Lipinski definition) is 2. The minimum atomic E-state index is -0.270. The summed E-state index contributed by atoms with van der Waals surface area (Å²) in [6.45, 7) is 0. The van der Waals surface area contributed by atoms with Crippen LogP contribution in [0.4, 0.5) is 10.1 Å². The van der Waals surface area contributed by atoms with Crippen LogP contribution in [-0.2, 0) is 0 Å². The first-order chi connectivity index (χ1) is 10.8. The second kappa shape index (κ2) is 5.30. The van der Waals surface area contributed by atoms with Gasteiger partial charge in [-0.1, -0.05) is 30.1 Å². The highest BCUT2D eigenvalue weighted by Crippen LogP contribution is 2.38. The van der Waals surface area contributed by atoms with Gasteiger partial charge in [-0.3, -0.25) is 5.10 Å². The Balaban J connectivity index is 1.96. The van der Waals surface area contributed by atoms with Crippen LogP contribution < -0.4 is 4.72 Å². The fourth-order valence-electron chi connectivity index (χ4n) is 2.54. The molecule has 4 rings (SSSR count). The number of thiophene rings is 1. The van der Waals surface area contributed by atoms with Crippen molar-refractivity contribution in [3.05, 3.63) is 48.3 Å². The predicted octanol–water partition coefficient (Wildman–Crippen LogP) is 5.27. The highest BCUT2D eigenvalue weighted by atomic mass is 32.2. The highest BCUT2D eigenvalue weighted by molar-refractivity contribution is 7.99. The molecule has 110 valence electrons. The molecule has 0 amide bonds. The van der Waals surface area contributed by atoms with Gasteiger partial charge in [-0.25, -0.2) is 4.39 Å². The number of nitrogens with one attached hydrogen (secondary N) is 2. The van der Waals surface area contributed by atoms with Crippen LogP contribution in [0.2, 0.25) is 0 Å². The Morgan fingerprint density at radius 2 is 2.09 bits per heavy atom. The summed E-state index contributed by atoms with van der Waals surface area (Å²) in [4.78, 5) is 0.965. The average Bonchev–Trinajstić information content (AvgIpc) is 3.13. The lowest BCUT2D eigenvalue weighted by molar-refractivity contribution is 0.645. The van der Waals surface area contributed by atoms with Crippen LogP contribution in [0.25, 0.3) is 31.6 Å². The van der Waals surface area contributed by atoms with E-state index in [0.717, 1.165) is 10.3 Å². The lowest BCUT2D eigenvalue weighted by atomic mass is 10.1. The molecule has 0 radical (unpaired) electrons. The van der Waals surface area contributed by atoms with Crippen molar-refractivity contribution < 1.29 is 4.39 Å². The van der Waals surface area contributed by atoms with E-state index >= 15 is 0 Å². The van der Waals surface area contributed by atoms with Crippen molar-refractivity contribution in [2.75, 3.05) is 11.0 Å². The summed E-state index contributed by atoms with van der Waals surface area (Å²) in [7, 11) is 0. The highest BCUT2D eigenvalue weighted by Gasteiger charge is 2.17. The zero-order chi connectivity index (χ0) is 15.1. The Kier molecular flexibility index (Phi) is 3.28. The summed E-state index contributed by atoms with van der Waals surface area (Å²) < 4.78 is 18.9. The zero-order valence-corrected chi connectivity index (χ0v) is 13.3. The van der Waals surface area contributed by atoms with E-state index in [-0.39, 0.29) is 5.82 Å². The van der Waals surface area contributed by atoms with Gasteiger partial charge in [0.05, 0.1) is 21.5 Å². The molecular formula is C16H12FN3S2. The zero-order valence-electron chi connectivity index (χ0n) is 11.7. The number of aromatic nitrogens is 2. The Morgan fingerprint density at radius 1 is 1.23 bits per heavy atom. The molecule has 0 spiro atoms. The van der Waals surface area contributed by atoms with Gasteiger partial charge < -0.3 is 4.72 Å². The number of halogens is 1. The minimum Gasteiger partial charge on any atom is -0.327 e. The number of H-pyrrole nitrogens is 1. The van der Waals surface area contributed by atoms with Crippen LogP contribution in [0.15, 0.2) is 42.5 Å². The van der Waals surface area contributed by atoms with Gasteiger partial charge in [-0.15, -0.1) is 11.3 Å². The SMILES string of the molecule is CSNc1ccc2[nH]nc(-c3cc4ccccc4s3)c2c1F. The summed E-state index contributed by atoms with van der Waals surface area (Å²) in [6.07, 6.45) is 1.87. The second-order valence-corrected chi connectivity index (χ2v) is 6.57. The van der Waals surface area contributed by atoms with Crippen LogP contribution in [0.5, 0.6) is 0 Å². The van der Waals surface area contributed by atoms with Gasteiger partial charge in [0.25, 0.3) is 0 Å². The van der Waals surface area contributed by atoms with Crippen molar-refractivity contribution in [1.82, 2.24) is 10.2 Å². The molecule has 2 N–H and O–H groups in total. The van der Waals surface area contributed by atoms with Crippen LogP contribution in [0.1, 0.15) is 0 Å². The number of hydrogen-bond acceptors (Lipinski definition) is 4. The number of fused-ring (bicyclic) bond motifs is 2. The van der Waals surface area contributed by atoms with Crippen molar-refractivity contribution in [2.45, 2.75) is 0 Å². The van der Waals surface area contributed by atoms with E-state index < -0.39 is 0 Å². The third-order valence-electron chi connectivity index (χ3n) is 3.54. The molecule has 0 aliphatic heterocycles. The molecule has 0 unspecified atom stereocenters. The molecule has 2 aromatic carbocycles. The first-order valence-electron chi connectivity index (χ1n) is 6.72. The first-order valence-corrected chi connectivity index (χ1v) is 8.76. The summed E-state index contributed by atoms with van der Waals surface area (Å²) in [5.41, 5.74) is 1.85. The molecule has 22 heavy (non-hydrogen) atoms. The smallest absolute Gasteiger partial charge is 0.158 e. The maximum absolute atomic E-state index is 14.8. The Morgan fingerprint density at radius 3 is 2.91 bits per heavy atom. The Bertz CT molecular complexity index is 941. The lowest BCUT2D eigenvalue weighted by Gasteiger charge is -2.04. The van der Waals surface area contributed by atoms with Gasteiger partial charge in [0.2, 0.25) is 0 Å². The molecule has 0 saturated heterocycles. The maximum atomic E-state index is 14.8. The van der Waals surface area contributed by atoms with E-state index in [0.29, 0.717) is 22.3 Å². The van der Waals surface area contributed by atoms with Crippen LogP contribution in [0, 0.1) is 5.82 Å². The second-order valence-electron chi connectivity index (χ2n) is 4.88. The summed E-state index contributed by atoms with van der Waals surface area (Å²) in [6, 6.07) is 13.8.